The summed E-state index contributed by atoms with van der Waals surface area (Å²) in [5, 5.41) is 12.5. The van der Waals surface area contributed by atoms with E-state index in [0.717, 1.165) is 25.9 Å². The van der Waals surface area contributed by atoms with Gasteiger partial charge in [0.2, 0.25) is 0 Å². The zero-order valence-corrected chi connectivity index (χ0v) is 11.0. The van der Waals surface area contributed by atoms with Crippen molar-refractivity contribution in [3.8, 4) is 0 Å². The van der Waals surface area contributed by atoms with Crippen LogP contribution in [0.15, 0.2) is 0 Å². The lowest BCUT2D eigenvalue weighted by molar-refractivity contribution is -0.138. The molecule has 2 aliphatic heterocycles. The van der Waals surface area contributed by atoms with Crippen LogP contribution in [0.4, 0.5) is 0 Å². The van der Waals surface area contributed by atoms with Gasteiger partial charge in [0.05, 0.1) is 6.54 Å². The molecule has 1 atom stereocenters. The van der Waals surface area contributed by atoms with Crippen molar-refractivity contribution in [3.63, 3.8) is 0 Å². The second-order valence-corrected chi connectivity index (χ2v) is 6.17. The van der Waals surface area contributed by atoms with E-state index in [0.29, 0.717) is 12.1 Å². The number of carboxylic acids is 1. The number of nitrogens with one attached hydrogen (secondary N) is 1. The van der Waals surface area contributed by atoms with Gasteiger partial charge < -0.3 is 10.4 Å². The number of hydrogen-bond acceptors (Lipinski definition) is 4. The molecule has 2 aliphatic rings. The first-order valence-electron chi connectivity index (χ1n) is 6.52. The van der Waals surface area contributed by atoms with Crippen LogP contribution in [-0.4, -0.2) is 59.2 Å². The fourth-order valence-corrected chi connectivity index (χ4v) is 3.74. The zero-order chi connectivity index (χ0) is 12.1. The molecule has 0 aromatic heterocycles. The summed E-state index contributed by atoms with van der Waals surface area (Å²) in [6.45, 7) is 2.04. The number of nitrogens with zero attached hydrogens (tertiary/aromatic N) is 1. The van der Waals surface area contributed by atoms with Gasteiger partial charge in [0.1, 0.15) is 0 Å². The molecular weight excluding hydrogens is 236 g/mol. The van der Waals surface area contributed by atoms with Crippen LogP contribution in [0.5, 0.6) is 0 Å². The van der Waals surface area contributed by atoms with E-state index in [9.17, 15) is 4.79 Å². The molecule has 0 aromatic carbocycles. The summed E-state index contributed by atoms with van der Waals surface area (Å²) in [4.78, 5) is 12.6. The molecule has 4 nitrogen and oxygen atoms in total. The Morgan fingerprint density at radius 3 is 2.65 bits per heavy atom. The summed E-state index contributed by atoms with van der Waals surface area (Å²) in [6.07, 6.45) is 4.82. The largest absolute Gasteiger partial charge is 0.480 e. The highest BCUT2D eigenvalue weighted by atomic mass is 32.2. The molecule has 0 aliphatic carbocycles. The Hall–Kier alpha value is -0.260. The monoisotopic (exact) mass is 258 g/mol. The fraction of sp³-hybridized carbons (Fsp3) is 0.917. The van der Waals surface area contributed by atoms with E-state index >= 15 is 0 Å². The van der Waals surface area contributed by atoms with Gasteiger partial charge in [-0.1, -0.05) is 0 Å². The molecule has 17 heavy (non-hydrogen) atoms. The Morgan fingerprint density at radius 2 is 2.06 bits per heavy atom. The average Bonchev–Trinajstić information content (AvgIpc) is 2.32. The number of carboxylic acid groups (broad SMARTS) is 1. The number of piperidine rings is 1. The SMILES string of the molecule is O=C(O)CN1CCC(NC2CCCSC2)CC1. The number of thioether (sulfide) groups is 1. The standard InChI is InChI=1S/C12H22N2O2S/c15-12(16)8-14-5-3-10(4-6-14)13-11-2-1-7-17-9-11/h10-11,13H,1-9H2,(H,15,16). The Morgan fingerprint density at radius 1 is 1.29 bits per heavy atom. The van der Waals surface area contributed by atoms with E-state index < -0.39 is 5.97 Å². The molecule has 2 N–H and O–H groups in total. The van der Waals surface area contributed by atoms with Gasteiger partial charge in [-0.2, -0.15) is 11.8 Å². The molecule has 2 saturated heterocycles. The number of aliphatic carboxylic acids is 1. The average molecular weight is 258 g/mol. The Labute approximate surface area is 107 Å². The van der Waals surface area contributed by atoms with Crippen LogP contribution >= 0.6 is 11.8 Å². The first kappa shape index (κ1) is 13.2. The maximum Gasteiger partial charge on any atom is 0.317 e. The van der Waals surface area contributed by atoms with E-state index in [2.05, 4.69) is 5.32 Å². The van der Waals surface area contributed by atoms with Gasteiger partial charge in [0, 0.05) is 30.9 Å². The highest BCUT2D eigenvalue weighted by Gasteiger charge is 2.23. The van der Waals surface area contributed by atoms with Gasteiger partial charge in [-0.15, -0.1) is 0 Å². The molecule has 2 fully saturated rings. The van der Waals surface area contributed by atoms with Crippen molar-refractivity contribution in [2.45, 2.75) is 37.8 Å². The van der Waals surface area contributed by atoms with Crippen molar-refractivity contribution in [2.24, 2.45) is 0 Å². The highest BCUT2D eigenvalue weighted by Crippen LogP contribution is 2.19. The van der Waals surface area contributed by atoms with Crippen LogP contribution in [-0.2, 0) is 4.79 Å². The maximum atomic E-state index is 10.6. The molecule has 0 radical (unpaired) electrons. The summed E-state index contributed by atoms with van der Waals surface area (Å²) in [6, 6.07) is 1.29. The van der Waals surface area contributed by atoms with Crippen LogP contribution in [0, 0.1) is 0 Å². The van der Waals surface area contributed by atoms with Crippen LogP contribution in [0.3, 0.4) is 0 Å². The number of rotatable bonds is 4. The molecular formula is C12H22N2O2S. The van der Waals surface area contributed by atoms with Crippen LogP contribution < -0.4 is 5.32 Å². The minimum atomic E-state index is -0.708. The third-order valence-corrected chi connectivity index (χ3v) is 4.79. The lowest BCUT2D eigenvalue weighted by atomic mass is 10.0. The number of likely N-dealkylation sites (tertiary alicyclic amines) is 1. The normalized spacial score (nSPS) is 28.1. The van der Waals surface area contributed by atoms with Gasteiger partial charge in [0.25, 0.3) is 0 Å². The fourth-order valence-electron chi connectivity index (χ4n) is 2.65. The van der Waals surface area contributed by atoms with Gasteiger partial charge in [-0.25, -0.2) is 0 Å². The number of carbonyl (C=O) groups is 1. The molecule has 5 heteroatoms. The maximum absolute atomic E-state index is 10.6. The second kappa shape index (κ2) is 6.61. The van der Waals surface area contributed by atoms with Crippen molar-refractivity contribution >= 4 is 17.7 Å². The topological polar surface area (TPSA) is 52.6 Å². The Balaban J connectivity index is 1.66. The zero-order valence-electron chi connectivity index (χ0n) is 10.2. The molecule has 2 rings (SSSR count). The van der Waals surface area contributed by atoms with Gasteiger partial charge in [0.15, 0.2) is 0 Å². The lowest BCUT2D eigenvalue weighted by Gasteiger charge is -2.34. The van der Waals surface area contributed by atoms with Gasteiger partial charge >= 0.3 is 5.97 Å². The molecule has 0 amide bonds. The van der Waals surface area contributed by atoms with Crippen molar-refractivity contribution < 1.29 is 9.90 Å². The number of hydrogen-bond donors (Lipinski definition) is 2. The molecule has 0 saturated carbocycles. The van der Waals surface area contributed by atoms with Crippen molar-refractivity contribution in [2.75, 3.05) is 31.1 Å². The first-order valence-corrected chi connectivity index (χ1v) is 7.67. The molecule has 98 valence electrons. The summed E-state index contributed by atoms with van der Waals surface area (Å²) in [5.41, 5.74) is 0. The minimum Gasteiger partial charge on any atom is -0.480 e. The van der Waals surface area contributed by atoms with Crippen LogP contribution in [0.1, 0.15) is 25.7 Å². The highest BCUT2D eigenvalue weighted by molar-refractivity contribution is 7.99. The van der Waals surface area contributed by atoms with E-state index in [4.69, 9.17) is 5.11 Å². The molecule has 0 aromatic rings. The lowest BCUT2D eigenvalue weighted by Crippen LogP contribution is -2.48. The van der Waals surface area contributed by atoms with E-state index in [1.54, 1.807) is 0 Å². The quantitative estimate of drug-likeness (QED) is 0.788. The summed E-state index contributed by atoms with van der Waals surface area (Å²) >= 11 is 2.05. The molecule has 0 spiro atoms. The predicted octanol–water partition coefficient (Wildman–Crippen LogP) is 1.02. The van der Waals surface area contributed by atoms with E-state index in [1.165, 1.54) is 24.3 Å². The summed E-state index contributed by atoms with van der Waals surface area (Å²) in [7, 11) is 0. The van der Waals surface area contributed by atoms with Crippen LogP contribution in [0.25, 0.3) is 0 Å². The third-order valence-electron chi connectivity index (χ3n) is 3.58. The van der Waals surface area contributed by atoms with Crippen molar-refractivity contribution in [1.29, 1.82) is 0 Å². The first-order chi connectivity index (χ1) is 8.24. The third kappa shape index (κ3) is 4.48. The van der Waals surface area contributed by atoms with Gasteiger partial charge in [-0.3, -0.25) is 9.69 Å². The van der Waals surface area contributed by atoms with Gasteiger partial charge in [-0.05, 0) is 31.4 Å². The Kier molecular flexibility index (Phi) is 5.13. The van der Waals surface area contributed by atoms with Crippen molar-refractivity contribution in [1.82, 2.24) is 10.2 Å². The summed E-state index contributed by atoms with van der Waals surface area (Å²) in [5.74, 6) is 1.85. The smallest absolute Gasteiger partial charge is 0.317 e. The molecule has 2 heterocycles. The minimum absolute atomic E-state index is 0.200. The molecule has 0 bridgehead atoms. The van der Waals surface area contributed by atoms with E-state index in [1.807, 2.05) is 16.7 Å². The van der Waals surface area contributed by atoms with Crippen LogP contribution in [0.2, 0.25) is 0 Å². The molecule has 1 unspecified atom stereocenters. The predicted molar refractivity (Wildman–Crippen MR) is 70.6 cm³/mol. The van der Waals surface area contributed by atoms with E-state index in [-0.39, 0.29) is 6.54 Å². The second-order valence-electron chi connectivity index (χ2n) is 5.02. The van der Waals surface area contributed by atoms with Crippen molar-refractivity contribution in [3.05, 3.63) is 0 Å². The Bertz CT molecular complexity index is 249. The summed E-state index contributed by atoms with van der Waals surface area (Å²) < 4.78 is 0.